The van der Waals surface area contributed by atoms with Crippen molar-refractivity contribution in [1.29, 1.82) is 0 Å². The number of hydrogen-bond acceptors (Lipinski definition) is 0. The average Bonchev–Trinajstić information content (AvgIpc) is 2.54. The molecule has 0 saturated heterocycles. The molecule has 0 aliphatic heterocycles. The van der Waals surface area contributed by atoms with Crippen LogP contribution in [0.25, 0.3) is 0 Å². The quantitative estimate of drug-likeness (QED) is 0.278. The molecule has 0 unspecified atom stereocenters. The van der Waals surface area contributed by atoms with Gasteiger partial charge in [0.05, 0.1) is 0 Å². The molecular formula is C19H22IP. The Labute approximate surface area is 141 Å². The van der Waals surface area contributed by atoms with E-state index in [1.807, 2.05) is 0 Å². The van der Waals surface area contributed by atoms with Crippen molar-refractivity contribution in [3.63, 3.8) is 0 Å². The molecule has 2 aromatic carbocycles. The molecule has 0 spiro atoms. The molecule has 0 bridgehead atoms. The fourth-order valence-corrected chi connectivity index (χ4v) is 7.60. The van der Waals surface area contributed by atoms with E-state index < -0.39 is 4.25 Å². The van der Waals surface area contributed by atoms with Gasteiger partial charge >= 0.3 is 142 Å². The molecule has 0 heterocycles. The van der Waals surface area contributed by atoms with Crippen LogP contribution in [0.15, 0.2) is 60.7 Å². The number of hydrogen-bond donors (Lipinski definition) is 0. The fraction of sp³-hybridized carbons (Fsp3) is 0.263. The molecule has 0 fully saturated rings. The molecule has 0 aliphatic carbocycles. The summed E-state index contributed by atoms with van der Waals surface area (Å²) in [5, 5.41) is 2.72. The van der Waals surface area contributed by atoms with Gasteiger partial charge in [-0.25, -0.2) is 0 Å². The van der Waals surface area contributed by atoms with E-state index >= 15 is 0 Å². The summed E-state index contributed by atoms with van der Waals surface area (Å²) in [4.78, 5) is 0. The normalized spacial score (nSPS) is 12.8. The summed E-state index contributed by atoms with van der Waals surface area (Å²) in [5.74, 6) is 3.46. The van der Waals surface area contributed by atoms with Crippen LogP contribution in [-0.4, -0.2) is 6.66 Å². The van der Waals surface area contributed by atoms with Crippen LogP contribution >= 0.6 is 26.3 Å². The van der Waals surface area contributed by atoms with Crippen molar-refractivity contribution in [3.8, 4) is 11.6 Å². The van der Waals surface area contributed by atoms with Crippen LogP contribution in [-0.2, 0) is 0 Å². The van der Waals surface area contributed by atoms with Crippen molar-refractivity contribution < 1.29 is 0 Å². The minimum atomic E-state index is -2.43. The predicted octanol–water partition coefficient (Wildman–Crippen LogP) is 5.32. The van der Waals surface area contributed by atoms with Crippen LogP contribution in [0.2, 0.25) is 0 Å². The molecular weight excluding hydrogens is 386 g/mol. The summed E-state index contributed by atoms with van der Waals surface area (Å²) >= 11 is 2.65. The SMILES string of the molecule is CCCCC#CP(C)(I)(c1ccccc1)c1ccccc1. The molecule has 0 N–H and O–H groups in total. The van der Waals surface area contributed by atoms with Gasteiger partial charge in [-0.3, -0.25) is 0 Å². The van der Waals surface area contributed by atoms with Gasteiger partial charge in [0.15, 0.2) is 0 Å². The third-order valence-electron chi connectivity index (χ3n) is 3.74. The van der Waals surface area contributed by atoms with Crippen LogP contribution in [0.1, 0.15) is 26.2 Å². The van der Waals surface area contributed by atoms with Crippen molar-refractivity contribution in [1.82, 2.24) is 0 Å². The van der Waals surface area contributed by atoms with E-state index in [0.717, 1.165) is 6.42 Å². The molecule has 2 heteroatoms. The summed E-state index contributed by atoms with van der Waals surface area (Å²) < 4.78 is -2.43. The van der Waals surface area contributed by atoms with Crippen LogP contribution in [0.4, 0.5) is 0 Å². The Balaban J connectivity index is 2.56. The Hall–Kier alpha value is -0.840. The molecule has 0 saturated carbocycles. The van der Waals surface area contributed by atoms with Gasteiger partial charge in [0.25, 0.3) is 0 Å². The number of unbranched alkanes of at least 4 members (excludes halogenated alkanes) is 2. The maximum atomic E-state index is 3.71. The first-order valence-electron chi connectivity index (χ1n) is 7.42. The van der Waals surface area contributed by atoms with Gasteiger partial charge in [0.2, 0.25) is 0 Å². The Kier molecular flexibility index (Phi) is 5.47. The summed E-state index contributed by atoms with van der Waals surface area (Å²) in [6, 6.07) is 21.5. The summed E-state index contributed by atoms with van der Waals surface area (Å²) in [6.07, 6.45) is 3.37. The first kappa shape index (κ1) is 16.5. The van der Waals surface area contributed by atoms with E-state index in [2.05, 4.69) is 108 Å². The monoisotopic (exact) mass is 408 g/mol. The molecule has 0 aliphatic rings. The first-order valence-corrected chi connectivity index (χ1v) is 12.9. The van der Waals surface area contributed by atoms with Crippen molar-refractivity contribution in [2.24, 2.45) is 0 Å². The summed E-state index contributed by atoms with van der Waals surface area (Å²) in [7, 11) is 0. The minimum absolute atomic E-state index is 0.991. The number of halogens is 1. The summed E-state index contributed by atoms with van der Waals surface area (Å²) in [6.45, 7) is 4.57. The maximum absolute atomic E-state index is 3.71. The molecule has 0 aromatic heterocycles. The Morgan fingerprint density at radius 1 is 0.905 bits per heavy atom. The van der Waals surface area contributed by atoms with Crippen LogP contribution in [0, 0.1) is 11.6 Å². The molecule has 0 radical (unpaired) electrons. The molecule has 2 aromatic rings. The Bertz CT molecular complexity index is 592. The van der Waals surface area contributed by atoms with E-state index in [0.29, 0.717) is 0 Å². The van der Waals surface area contributed by atoms with Crippen molar-refractivity contribution >= 4 is 36.9 Å². The van der Waals surface area contributed by atoms with Crippen LogP contribution in [0.5, 0.6) is 0 Å². The zero-order valence-corrected chi connectivity index (χ0v) is 15.8. The van der Waals surface area contributed by atoms with E-state index in [1.165, 1.54) is 23.5 Å². The average molecular weight is 408 g/mol. The first-order chi connectivity index (χ1) is 10.1. The van der Waals surface area contributed by atoms with Crippen LogP contribution < -0.4 is 10.6 Å². The van der Waals surface area contributed by atoms with Crippen molar-refractivity contribution in [2.45, 2.75) is 26.2 Å². The fourth-order valence-electron chi connectivity index (χ4n) is 2.35. The zero-order chi connectivity index (χ0) is 15.2. The molecule has 21 heavy (non-hydrogen) atoms. The number of benzene rings is 2. The second kappa shape index (κ2) is 6.95. The van der Waals surface area contributed by atoms with Gasteiger partial charge in [-0.05, 0) is 0 Å². The zero-order valence-electron chi connectivity index (χ0n) is 12.7. The second-order valence-corrected chi connectivity index (χ2v) is 16.8. The molecule has 2 rings (SSSR count). The molecule has 0 amide bonds. The molecule has 0 atom stereocenters. The Morgan fingerprint density at radius 2 is 1.38 bits per heavy atom. The third kappa shape index (κ3) is 3.68. The summed E-state index contributed by atoms with van der Waals surface area (Å²) in [5.41, 5.74) is 3.71. The van der Waals surface area contributed by atoms with E-state index in [4.69, 9.17) is 0 Å². The standard InChI is InChI=1S/C19H22IP/c1-3-4-5-12-17-21(2,20,18-13-8-6-9-14-18)19-15-10-7-11-16-19/h6-11,13-16H,3-5H2,1-2H3. The van der Waals surface area contributed by atoms with Crippen molar-refractivity contribution in [2.75, 3.05) is 6.66 Å². The molecule has 0 nitrogen and oxygen atoms in total. The van der Waals surface area contributed by atoms with Gasteiger partial charge in [-0.15, -0.1) is 0 Å². The van der Waals surface area contributed by atoms with Gasteiger partial charge in [0, 0.05) is 0 Å². The van der Waals surface area contributed by atoms with Gasteiger partial charge < -0.3 is 0 Å². The topological polar surface area (TPSA) is 0 Å². The van der Waals surface area contributed by atoms with Crippen LogP contribution in [0.3, 0.4) is 0 Å². The molecule has 110 valence electrons. The third-order valence-corrected chi connectivity index (χ3v) is 11.5. The second-order valence-electron chi connectivity index (χ2n) is 5.49. The van der Waals surface area contributed by atoms with Gasteiger partial charge in [-0.2, -0.15) is 0 Å². The van der Waals surface area contributed by atoms with E-state index in [9.17, 15) is 0 Å². The van der Waals surface area contributed by atoms with Gasteiger partial charge in [-0.1, -0.05) is 0 Å². The predicted molar refractivity (Wildman–Crippen MR) is 106 cm³/mol. The van der Waals surface area contributed by atoms with E-state index in [1.54, 1.807) is 0 Å². The van der Waals surface area contributed by atoms with E-state index in [-0.39, 0.29) is 0 Å². The van der Waals surface area contributed by atoms with Gasteiger partial charge in [0.1, 0.15) is 0 Å². The van der Waals surface area contributed by atoms with Crippen molar-refractivity contribution in [3.05, 3.63) is 60.7 Å². The Morgan fingerprint density at radius 3 is 1.81 bits per heavy atom. The number of rotatable bonds is 4.